The number of hydrogen-bond donors (Lipinski definition) is 0. The monoisotopic (exact) mass is 361 g/mol. The lowest BCUT2D eigenvalue weighted by molar-refractivity contribution is 1.10. The van der Waals surface area contributed by atoms with E-state index in [1.165, 1.54) is 11.1 Å². The Labute approximate surface area is 153 Å². The minimum atomic E-state index is 0.695. The van der Waals surface area contributed by atoms with E-state index in [1.807, 2.05) is 41.4 Å². The van der Waals surface area contributed by atoms with Crippen LogP contribution in [0.25, 0.3) is 38.8 Å². The molecule has 0 N–H and O–H groups in total. The fraction of sp³-hybridized carbons (Fsp3) is 0. The van der Waals surface area contributed by atoms with Crippen LogP contribution < -0.4 is 0 Å². The SMILES string of the molecule is Clc1ccccc1-n1cnc2cnc3ccc(-c4ccsc4)cc3c21. The lowest BCUT2D eigenvalue weighted by atomic mass is 10.1. The van der Waals surface area contributed by atoms with E-state index in [0.29, 0.717) is 5.02 Å². The van der Waals surface area contributed by atoms with Gasteiger partial charge in [0, 0.05) is 5.39 Å². The van der Waals surface area contributed by atoms with Crippen molar-refractivity contribution in [3.05, 3.63) is 76.8 Å². The average molecular weight is 362 g/mol. The van der Waals surface area contributed by atoms with E-state index in [9.17, 15) is 0 Å². The second-order valence-corrected chi connectivity index (χ2v) is 6.99. The van der Waals surface area contributed by atoms with Crippen molar-refractivity contribution in [3.8, 4) is 16.8 Å². The molecule has 5 rings (SSSR count). The minimum absolute atomic E-state index is 0.695. The molecule has 5 heteroatoms. The average Bonchev–Trinajstić information content (AvgIpc) is 3.32. The summed E-state index contributed by atoms with van der Waals surface area (Å²) in [4.78, 5) is 9.08. The quantitative estimate of drug-likeness (QED) is 0.388. The molecule has 0 amide bonds. The van der Waals surface area contributed by atoms with Gasteiger partial charge in [0.25, 0.3) is 0 Å². The molecule has 25 heavy (non-hydrogen) atoms. The van der Waals surface area contributed by atoms with Gasteiger partial charge in [0.1, 0.15) is 11.8 Å². The summed E-state index contributed by atoms with van der Waals surface area (Å²) in [6, 6.07) is 16.3. The summed E-state index contributed by atoms with van der Waals surface area (Å²) in [5, 5.41) is 6.01. The highest BCUT2D eigenvalue weighted by Gasteiger charge is 2.12. The van der Waals surface area contributed by atoms with Gasteiger partial charge in [0.15, 0.2) is 0 Å². The van der Waals surface area contributed by atoms with Crippen LogP contribution in [0.1, 0.15) is 0 Å². The molecule has 0 radical (unpaired) electrons. The molecule has 5 aromatic rings. The summed E-state index contributed by atoms with van der Waals surface area (Å²) < 4.78 is 2.04. The first-order chi connectivity index (χ1) is 12.3. The molecule has 2 aromatic carbocycles. The van der Waals surface area contributed by atoms with E-state index in [0.717, 1.165) is 27.6 Å². The number of benzene rings is 2. The highest BCUT2D eigenvalue weighted by atomic mass is 35.5. The number of fused-ring (bicyclic) bond motifs is 3. The third kappa shape index (κ3) is 2.34. The Bertz CT molecular complexity index is 1210. The predicted octanol–water partition coefficient (Wildman–Crippen LogP) is 5.96. The van der Waals surface area contributed by atoms with Crippen LogP contribution in [0.3, 0.4) is 0 Å². The van der Waals surface area contributed by atoms with Crippen LogP contribution in [0.2, 0.25) is 5.02 Å². The van der Waals surface area contributed by atoms with Crippen LogP contribution in [-0.4, -0.2) is 14.5 Å². The Balaban J connectivity index is 1.86. The number of rotatable bonds is 2. The number of halogens is 1. The number of para-hydroxylation sites is 1. The zero-order chi connectivity index (χ0) is 16.8. The lowest BCUT2D eigenvalue weighted by Crippen LogP contribution is -1.94. The molecule has 0 aliphatic heterocycles. The number of thiophene rings is 1. The third-order valence-electron chi connectivity index (χ3n) is 4.34. The Kier molecular flexibility index (Phi) is 3.33. The topological polar surface area (TPSA) is 30.7 Å². The van der Waals surface area contributed by atoms with Crippen molar-refractivity contribution in [1.29, 1.82) is 0 Å². The summed E-state index contributed by atoms with van der Waals surface area (Å²) in [5.74, 6) is 0. The summed E-state index contributed by atoms with van der Waals surface area (Å²) >= 11 is 8.11. The molecule has 120 valence electrons. The highest BCUT2D eigenvalue weighted by Crippen LogP contribution is 2.32. The molecule has 0 aliphatic rings. The molecule has 0 unspecified atom stereocenters. The molecular weight excluding hydrogens is 350 g/mol. The highest BCUT2D eigenvalue weighted by molar-refractivity contribution is 7.08. The van der Waals surface area contributed by atoms with E-state index < -0.39 is 0 Å². The number of nitrogens with zero attached hydrogens (tertiary/aromatic N) is 3. The Morgan fingerprint density at radius 1 is 0.920 bits per heavy atom. The van der Waals surface area contributed by atoms with Crippen molar-refractivity contribution in [1.82, 2.24) is 14.5 Å². The van der Waals surface area contributed by atoms with Crippen molar-refractivity contribution in [3.63, 3.8) is 0 Å². The van der Waals surface area contributed by atoms with Gasteiger partial charge in [-0.15, -0.1) is 0 Å². The largest absolute Gasteiger partial charge is 0.297 e. The first-order valence-electron chi connectivity index (χ1n) is 7.84. The number of hydrogen-bond acceptors (Lipinski definition) is 3. The third-order valence-corrected chi connectivity index (χ3v) is 5.34. The molecular formula is C20H12ClN3S. The van der Waals surface area contributed by atoms with Crippen molar-refractivity contribution in [2.45, 2.75) is 0 Å². The van der Waals surface area contributed by atoms with Crippen molar-refractivity contribution < 1.29 is 0 Å². The summed E-state index contributed by atoms with van der Waals surface area (Å²) in [7, 11) is 0. The van der Waals surface area contributed by atoms with Crippen LogP contribution in [0, 0.1) is 0 Å². The summed E-state index contributed by atoms with van der Waals surface area (Å²) in [5.41, 5.74) is 6.13. The fourth-order valence-electron chi connectivity index (χ4n) is 3.13. The molecule has 3 nitrogen and oxygen atoms in total. The van der Waals surface area contributed by atoms with Crippen LogP contribution in [-0.2, 0) is 0 Å². The van der Waals surface area contributed by atoms with Gasteiger partial charge in [-0.05, 0) is 52.2 Å². The van der Waals surface area contributed by atoms with Crippen LogP contribution in [0.4, 0.5) is 0 Å². The fourth-order valence-corrected chi connectivity index (χ4v) is 4.02. The first-order valence-corrected chi connectivity index (χ1v) is 9.16. The van der Waals surface area contributed by atoms with Gasteiger partial charge in [-0.25, -0.2) is 4.98 Å². The Morgan fingerprint density at radius 2 is 1.84 bits per heavy atom. The second kappa shape index (κ2) is 5.69. The second-order valence-electron chi connectivity index (χ2n) is 5.80. The van der Waals surface area contributed by atoms with Gasteiger partial charge >= 0.3 is 0 Å². The zero-order valence-corrected chi connectivity index (χ0v) is 14.6. The van der Waals surface area contributed by atoms with E-state index in [-0.39, 0.29) is 0 Å². The van der Waals surface area contributed by atoms with Gasteiger partial charge in [-0.1, -0.05) is 29.8 Å². The van der Waals surface area contributed by atoms with E-state index in [1.54, 1.807) is 11.3 Å². The maximum absolute atomic E-state index is 6.42. The maximum Gasteiger partial charge on any atom is 0.108 e. The molecule has 0 fully saturated rings. The lowest BCUT2D eigenvalue weighted by Gasteiger charge is -2.09. The van der Waals surface area contributed by atoms with Gasteiger partial charge in [0.2, 0.25) is 0 Å². The van der Waals surface area contributed by atoms with Gasteiger partial charge in [-0.3, -0.25) is 9.55 Å². The molecule has 0 spiro atoms. The normalized spacial score (nSPS) is 11.4. The Hall–Kier alpha value is -2.69. The van der Waals surface area contributed by atoms with Crippen molar-refractivity contribution >= 4 is 44.9 Å². The van der Waals surface area contributed by atoms with Gasteiger partial charge < -0.3 is 0 Å². The van der Waals surface area contributed by atoms with Gasteiger partial charge in [0.05, 0.1) is 27.9 Å². The molecule has 0 saturated carbocycles. The maximum atomic E-state index is 6.42. The summed E-state index contributed by atoms with van der Waals surface area (Å²) in [6.45, 7) is 0. The molecule has 0 aliphatic carbocycles. The minimum Gasteiger partial charge on any atom is -0.297 e. The predicted molar refractivity (Wildman–Crippen MR) is 105 cm³/mol. The van der Waals surface area contributed by atoms with Crippen LogP contribution in [0.5, 0.6) is 0 Å². The number of aromatic nitrogens is 3. The van der Waals surface area contributed by atoms with Crippen molar-refractivity contribution in [2.24, 2.45) is 0 Å². The standard InChI is InChI=1S/C20H12ClN3S/c21-16-3-1-2-4-19(16)24-12-23-18-10-22-17-6-5-13(9-15(17)20(18)24)14-7-8-25-11-14/h1-12H. The zero-order valence-electron chi connectivity index (χ0n) is 13.1. The molecule has 0 saturated heterocycles. The van der Waals surface area contributed by atoms with Crippen LogP contribution >= 0.6 is 22.9 Å². The molecule has 3 heterocycles. The molecule has 0 atom stereocenters. The summed E-state index contributed by atoms with van der Waals surface area (Å²) in [6.07, 6.45) is 3.62. The smallest absolute Gasteiger partial charge is 0.108 e. The van der Waals surface area contributed by atoms with Gasteiger partial charge in [-0.2, -0.15) is 11.3 Å². The molecule has 3 aromatic heterocycles. The molecule has 0 bridgehead atoms. The number of pyridine rings is 1. The van der Waals surface area contributed by atoms with Crippen molar-refractivity contribution in [2.75, 3.05) is 0 Å². The Morgan fingerprint density at radius 3 is 2.68 bits per heavy atom. The van der Waals surface area contributed by atoms with E-state index in [2.05, 4.69) is 45.0 Å². The van der Waals surface area contributed by atoms with E-state index in [4.69, 9.17) is 11.6 Å². The van der Waals surface area contributed by atoms with E-state index >= 15 is 0 Å². The first kappa shape index (κ1) is 14.6. The number of imidazole rings is 1. The van der Waals surface area contributed by atoms with Crippen LogP contribution in [0.15, 0.2) is 71.8 Å².